The number of nitrogens with zero attached hydrogens (tertiary/aromatic N) is 2. The summed E-state index contributed by atoms with van der Waals surface area (Å²) in [5, 5.41) is 0. The van der Waals surface area contributed by atoms with Crippen molar-refractivity contribution in [1.82, 2.24) is 9.55 Å². The first kappa shape index (κ1) is 22.5. The summed E-state index contributed by atoms with van der Waals surface area (Å²) in [6.45, 7) is 7.23. The third-order valence-electron chi connectivity index (χ3n) is 6.51. The molecule has 2 fully saturated rings. The number of carbonyl (C=O) groups excluding carboxylic acids is 1. The Bertz CT molecular complexity index is 1210. The van der Waals surface area contributed by atoms with Gasteiger partial charge in [-0.15, -0.1) is 11.3 Å². The van der Waals surface area contributed by atoms with Crippen LogP contribution in [0, 0.1) is 5.82 Å². The third kappa shape index (κ3) is 4.21. The zero-order valence-corrected chi connectivity index (χ0v) is 19.9. The molecule has 0 N–H and O–H groups in total. The molecular formula is C23H26BFN2O5S. The highest BCUT2D eigenvalue weighted by molar-refractivity contribution is 7.20. The van der Waals surface area contributed by atoms with E-state index in [1.807, 2.05) is 31.4 Å². The maximum atomic E-state index is 15.1. The van der Waals surface area contributed by atoms with Crippen LogP contribution in [-0.4, -0.2) is 54.2 Å². The molecule has 0 aliphatic carbocycles. The first-order valence-corrected chi connectivity index (χ1v) is 11.9. The van der Waals surface area contributed by atoms with Crippen LogP contribution >= 0.6 is 11.3 Å². The molecule has 5 rings (SSSR count). The SMILES string of the molecule is COC(=O)c1cc2c(nc(Cc3ccc(B4OC(C)C(C)(C)O4)cc3F)n2C[C@@H]2CCO2)s1. The summed E-state index contributed by atoms with van der Waals surface area (Å²) in [6, 6.07) is 6.88. The Morgan fingerprint density at radius 3 is 2.79 bits per heavy atom. The Hall–Kier alpha value is -2.27. The second-order valence-electron chi connectivity index (χ2n) is 9.07. The fourth-order valence-electron chi connectivity index (χ4n) is 4.05. The minimum absolute atomic E-state index is 0.0886. The minimum Gasteiger partial charge on any atom is -0.465 e. The van der Waals surface area contributed by atoms with Gasteiger partial charge in [-0.2, -0.15) is 0 Å². The molecule has 2 aliphatic rings. The molecule has 2 atom stereocenters. The van der Waals surface area contributed by atoms with Crippen molar-refractivity contribution in [2.45, 2.75) is 58.0 Å². The van der Waals surface area contributed by atoms with Gasteiger partial charge in [0, 0.05) is 13.0 Å². The average molecular weight is 472 g/mol. The number of hydrogen-bond donors (Lipinski definition) is 0. The predicted octanol–water partition coefficient (Wildman–Crippen LogP) is 3.31. The van der Waals surface area contributed by atoms with E-state index in [0.717, 1.165) is 29.2 Å². The van der Waals surface area contributed by atoms with E-state index in [1.165, 1.54) is 24.5 Å². The second-order valence-corrected chi connectivity index (χ2v) is 10.1. The molecule has 10 heteroatoms. The van der Waals surface area contributed by atoms with Gasteiger partial charge in [0.15, 0.2) is 0 Å². The van der Waals surface area contributed by atoms with Crippen molar-refractivity contribution in [3.05, 3.63) is 46.3 Å². The summed E-state index contributed by atoms with van der Waals surface area (Å²) in [7, 11) is 0.774. The summed E-state index contributed by atoms with van der Waals surface area (Å²) in [5.74, 6) is 0.0181. The Labute approximate surface area is 195 Å². The number of imidazole rings is 1. The van der Waals surface area contributed by atoms with E-state index in [2.05, 4.69) is 0 Å². The minimum atomic E-state index is -0.585. The van der Waals surface area contributed by atoms with Gasteiger partial charge in [-0.3, -0.25) is 0 Å². The normalized spacial score (nSPS) is 22.0. The smallest absolute Gasteiger partial charge is 0.465 e. The maximum Gasteiger partial charge on any atom is 0.494 e. The number of carbonyl (C=O) groups is 1. The van der Waals surface area contributed by atoms with Crippen molar-refractivity contribution in [2.75, 3.05) is 13.7 Å². The van der Waals surface area contributed by atoms with Crippen LogP contribution < -0.4 is 5.46 Å². The Balaban J connectivity index is 1.43. The fraction of sp³-hybridized carbons (Fsp3) is 0.478. The van der Waals surface area contributed by atoms with E-state index in [0.29, 0.717) is 28.9 Å². The zero-order chi connectivity index (χ0) is 23.3. The van der Waals surface area contributed by atoms with Crippen LogP contribution in [0.3, 0.4) is 0 Å². The third-order valence-corrected chi connectivity index (χ3v) is 7.51. The van der Waals surface area contributed by atoms with Gasteiger partial charge in [-0.05, 0) is 50.4 Å². The lowest BCUT2D eigenvalue weighted by molar-refractivity contribution is -0.0589. The number of ether oxygens (including phenoxy) is 2. The van der Waals surface area contributed by atoms with E-state index in [4.69, 9.17) is 23.8 Å². The number of hydrogen-bond acceptors (Lipinski definition) is 7. The van der Waals surface area contributed by atoms with Crippen LogP contribution in [0.5, 0.6) is 0 Å². The van der Waals surface area contributed by atoms with Gasteiger partial charge in [0.25, 0.3) is 0 Å². The van der Waals surface area contributed by atoms with Gasteiger partial charge in [0.2, 0.25) is 0 Å². The Morgan fingerprint density at radius 2 is 2.18 bits per heavy atom. The summed E-state index contributed by atoms with van der Waals surface area (Å²) >= 11 is 1.28. The molecule has 0 spiro atoms. The molecule has 1 unspecified atom stereocenters. The first-order chi connectivity index (χ1) is 15.7. The number of esters is 1. The summed E-state index contributed by atoms with van der Waals surface area (Å²) in [4.78, 5) is 17.9. The molecule has 7 nitrogen and oxygen atoms in total. The molecule has 2 saturated heterocycles. The largest absolute Gasteiger partial charge is 0.494 e. The average Bonchev–Trinajstić information content (AvgIpc) is 3.37. The quantitative estimate of drug-likeness (QED) is 0.405. The van der Waals surface area contributed by atoms with Crippen LogP contribution in [0.4, 0.5) is 4.39 Å². The van der Waals surface area contributed by atoms with Crippen molar-refractivity contribution >= 4 is 40.2 Å². The lowest BCUT2D eigenvalue weighted by Crippen LogP contribution is -2.35. The van der Waals surface area contributed by atoms with Gasteiger partial charge in [0.1, 0.15) is 21.3 Å². The molecule has 4 heterocycles. The van der Waals surface area contributed by atoms with E-state index in [-0.39, 0.29) is 24.0 Å². The molecule has 0 amide bonds. The molecule has 0 saturated carbocycles. The molecule has 33 heavy (non-hydrogen) atoms. The second kappa shape index (κ2) is 8.50. The topological polar surface area (TPSA) is 71.8 Å². The van der Waals surface area contributed by atoms with Gasteiger partial charge >= 0.3 is 13.1 Å². The van der Waals surface area contributed by atoms with Gasteiger partial charge in [0.05, 0.1) is 37.0 Å². The van der Waals surface area contributed by atoms with Crippen LogP contribution in [0.2, 0.25) is 0 Å². The van der Waals surface area contributed by atoms with E-state index >= 15 is 4.39 Å². The van der Waals surface area contributed by atoms with Crippen LogP contribution in [-0.2, 0) is 31.7 Å². The molecule has 3 aromatic rings. The molecule has 0 radical (unpaired) electrons. The molecule has 1 aromatic carbocycles. The fourth-order valence-corrected chi connectivity index (χ4v) is 5.02. The van der Waals surface area contributed by atoms with Crippen molar-refractivity contribution < 1.29 is 28.0 Å². The van der Waals surface area contributed by atoms with E-state index in [9.17, 15) is 4.79 Å². The van der Waals surface area contributed by atoms with Crippen molar-refractivity contribution in [2.24, 2.45) is 0 Å². The lowest BCUT2D eigenvalue weighted by Gasteiger charge is -2.27. The van der Waals surface area contributed by atoms with Crippen LogP contribution in [0.25, 0.3) is 10.3 Å². The van der Waals surface area contributed by atoms with Crippen LogP contribution in [0.1, 0.15) is 48.3 Å². The van der Waals surface area contributed by atoms with Crippen LogP contribution in [0.15, 0.2) is 24.3 Å². The molecular weight excluding hydrogens is 446 g/mol. The van der Waals surface area contributed by atoms with Crippen molar-refractivity contribution in [1.29, 1.82) is 0 Å². The van der Waals surface area contributed by atoms with E-state index < -0.39 is 12.7 Å². The number of rotatable bonds is 6. The highest BCUT2D eigenvalue weighted by Gasteiger charge is 2.44. The standard InChI is InChI=1S/C23H26BFN2O5S/c1-13-23(2,3)32-24(31-13)15-6-5-14(17(25)10-15)9-20-26-21-18(11-19(33-21)22(28)29-4)27(20)12-16-7-8-30-16/h5-6,10-11,13,16H,7-9,12H2,1-4H3/t13?,16-/m0/s1. The predicted molar refractivity (Wildman–Crippen MR) is 124 cm³/mol. The number of thiophene rings is 1. The van der Waals surface area contributed by atoms with Gasteiger partial charge in [-0.1, -0.05) is 12.1 Å². The lowest BCUT2D eigenvalue weighted by atomic mass is 9.78. The number of fused-ring (bicyclic) bond motifs is 1. The molecule has 174 valence electrons. The van der Waals surface area contributed by atoms with E-state index in [1.54, 1.807) is 12.1 Å². The zero-order valence-electron chi connectivity index (χ0n) is 19.1. The highest BCUT2D eigenvalue weighted by Crippen LogP contribution is 2.30. The Morgan fingerprint density at radius 1 is 1.39 bits per heavy atom. The number of methoxy groups -OCH3 is 1. The first-order valence-electron chi connectivity index (χ1n) is 11.1. The molecule has 2 aromatic heterocycles. The van der Waals surface area contributed by atoms with Gasteiger partial charge < -0.3 is 23.3 Å². The number of halogens is 1. The molecule has 0 bridgehead atoms. The maximum absolute atomic E-state index is 15.1. The highest BCUT2D eigenvalue weighted by atomic mass is 32.1. The summed E-state index contributed by atoms with van der Waals surface area (Å²) in [6.07, 6.45) is 1.29. The number of aromatic nitrogens is 2. The number of benzene rings is 1. The summed E-state index contributed by atoms with van der Waals surface area (Å²) < 4.78 is 39.4. The van der Waals surface area contributed by atoms with Gasteiger partial charge in [-0.25, -0.2) is 14.2 Å². The molecule has 2 aliphatic heterocycles. The van der Waals surface area contributed by atoms with Crippen molar-refractivity contribution in [3.8, 4) is 0 Å². The Kier molecular flexibility index (Phi) is 5.80. The van der Waals surface area contributed by atoms with Crippen molar-refractivity contribution in [3.63, 3.8) is 0 Å². The summed E-state index contributed by atoms with van der Waals surface area (Å²) in [5.41, 5.74) is 1.60. The monoisotopic (exact) mass is 472 g/mol.